The lowest BCUT2D eigenvalue weighted by molar-refractivity contribution is -0.133. The van der Waals surface area contributed by atoms with Crippen molar-refractivity contribution in [2.75, 3.05) is 37.6 Å². The summed E-state index contributed by atoms with van der Waals surface area (Å²) in [4.78, 5) is 58.1. The molecule has 8 aromatic carbocycles. The molecule has 0 bridgehead atoms. The van der Waals surface area contributed by atoms with E-state index in [9.17, 15) is 19.2 Å². The highest BCUT2D eigenvalue weighted by Gasteiger charge is 2.40. The number of hydrogen-bond acceptors (Lipinski definition) is 8. The van der Waals surface area contributed by atoms with Gasteiger partial charge in [-0.1, -0.05) is 153 Å². The van der Waals surface area contributed by atoms with Crippen LogP contribution < -0.4 is 48.3 Å². The number of amides is 4. The summed E-state index contributed by atoms with van der Waals surface area (Å²) in [6, 6.07) is 56.0. The Labute approximate surface area is 478 Å². The quantitative estimate of drug-likeness (QED) is 0.0351. The molecule has 2 aliphatic heterocycles. The van der Waals surface area contributed by atoms with Crippen molar-refractivity contribution in [3.05, 3.63) is 198 Å². The zero-order valence-electron chi connectivity index (χ0n) is 46.3. The molecule has 0 saturated carbocycles. The minimum atomic E-state index is -0.629. The van der Waals surface area contributed by atoms with Crippen LogP contribution in [0, 0.1) is 10.8 Å². The topological polar surface area (TPSA) is 247 Å². The van der Waals surface area contributed by atoms with Gasteiger partial charge in [-0.15, -0.1) is 0 Å². The van der Waals surface area contributed by atoms with Crippen molar-refractivity contribution in [2.45, 2.75) is 81.7 Å². The van der Waals surface area contributed by atoms with Crippen LogP contribution in [0.1, 0.15) is 77.3 Å². The molecule has 1 aliphatic carbocycles. The van der Waals surface area contributed by atoms with Crippen LogP contribution in [0.15, 0.2) is 176 Å². The summed E-state index contributed by atoms with van der Waals surface area (Å²) < 4.78 is 0. The van der Waals surface area contributed by atoms with Gasteiger partial charge in [-0.2, -0.15) is 0 Å². The molecule has 8 aromatic rings. The Kier molecular flexibility index (Phi) is 17.5. The second-order valence-electron chi connectivity index (χ2n) is 21.5. The lowest BCUT2D eigenvalue weighted by Crippen LogP contribution is -2.60. The molecule has 0 radical (unpaired) electrons. The molecule has 0 aromatic heterocycles. The van der Waals surface area contributed by atoms with Gasteiger partial charge in [0.15, 0.2) is 11.9 Å². The lowest BCUT2D eigenvalue weighted by Gasteiger charge is -2.32. The maximum absolute atomic E-state index is 14.2. The van der Waals surface area contributed by atoms with Crippen molar-refractivity contribution in [1.29, 1.82) is 10.8 Å². The molecule has 0 spiro atoms. The van der Waals surface area contributed by atoms with E-state index >= 15 is 0 Å². The highest BCUT2D eigenvalue weighted by molar-refractivity contribution is 6.01. The van der Waals surface area contributed by atoms with Crippen LogP contribution in [0.5, 0.6) is 0 Å². The van der Waals surface area contributed by atoms with Crippen molar-refractivity contribution < 1.29 is 19.2 Å². The summed E-state index contributed by atoms with van der Waals surface area (Å²) in [6.07, 6.45) is 2.50. The predicted molar refractivity (Wildman–Crippen MR) is 328 cm³/mol. The molecular formula is C66H72N12O4. The minimum Gasteiger partial charge on any atom is -0.370 e. The van der Waals surface area contributed by atoms with Gasteiger partial charge in [0.05, 0.1) is 12.1 Å². The van der Waals surface area contributed by atoms with E-state index in [1.54, 1.807) is 4.90 Å². The van der Waals surface area contributed by atoms with Crippen molar-refractivity contribution >= 4 is 73.6 Å². The van der Waals surface area contributed by atoms with Crippen LogP contribution in [0.3, 0.4) is 0 Å². The number of hydrogen-bond donors (Lipinski definition) is 10. The second-order valence-corrected chi connectivity index (χ2v) is 21.5. The van der Waals surface area contributed by atoms with E-state index < -0.39 is 12.1 Å². The van der Waals surface area contributed by atoms with Crippen LogP contribution >= 0.6 is 0 Å². The fourth-order valence-corrected chi connectivity index (χ4v) is 11.9. The molecule has 6 atom stereocenters. The predicted octanol–water partition coefficient (Wildman–Crippen LogP) is 7.95. The number of nitrogens with one attached hydrogen (secondary N) is 8. The number of rotatable bonds is 15. The maximum atomic E-state index is 14.2. The zero-order valence-corrected chi connectivity index (χ0v) is 46.3. The summed E-state index contributed by atoms with van der Waals surface area (Å²) in [7, 11) is 0. The van der Waals surface area contributed by atoms with E-state index in [0.717, 1.165) is 38.0 Å². The van der Waals surface area contributed by atoms with E-state index in [0.29, 0.717) is 69.5 Å². The first kappa shape index (κ1) is 56.2. The molecule has 82 heavy (non-hydrogen) atoms. The summed E-state index contributed by atoms with van der Waals surface area (Å²) in [5.74, 6) is -0.696. The third kappa shape index (κ3) is 12.7. The third-order valence-electron chi connectivity index (χ3n) is 16.2. The Morgan fingerprint density at radius 2 is 0.951 bits per heavy atom. The number of fused-ring (bicyclic) bond motifs is 6. The summed E-state index contributed by atoms with van der Waals surface area (Å²) in [6.45, 7) is 6.26. The van der Waals surface area contributed by atoms with Crippen LogP contribution in [0.2, 0.25) is 0 Å². The number of carbonyl (C=O) groups excluding carboxylic acids is 4. The molecule has 4 amide bonds. The van der Waals surface area contributed by atoms with E-state index in [1.165, 1.54) is 22.3 Å². The van der Waals surface area contributed by atoms with Gasteiger partial charge in [-0.25, -0.2) is 0 Å². The summed E-state index contributed by atoms with van der Waals surface area (Å²) in [5, 5.41) is 41.1. The molecule has 11 rings (SSSR count). The van der Waals surface area contributed by atoms with Gasteiger partial charge < -0.3 is 42.5 Å². The molecule has 3 aliphatic rings. The first-order valence-corrected chi connectivity index (χ1v) is 28.4. The number of benzene rings is 8. The van der Waals surface area contributed by atoms with Crippen molar-refractivity contribution in [3.8, 4) is 11.1 Å². The molecular weight excluding hydrogens is 1020 g/mol. The van der Waals surface area contributed by atoms with Gasteiger partial charge >= 0.3 is 0 Å². The number of anilines is 1. The number of guanidine groups is 2. The number of nitrogens with two attached hydrogens (primary N) is 2. The van der Waals surface area contributed by atoms with Crippen molar-refractivity contribution in [1.82, 2.24) is 36.8 Å². The fourth-order valence-electron chi connectivity index (χ4n) is 11.9. The summed E-state index contributed by atoms with van der Waals surface area (Å²) >= 11 is 0. The highest BCUT2D eigenvalue weighted by atomic mass is 16.2. The number of carbonyl (C=O) groups is 4. The minimum absolute atomic E-state index is 0.0224. The first-order chi connectivity index (χ1) is 39.8. The van der Waals surface area contributed by atoms with Crippen molar-refractivity contribution in [2.24, 2.45) is 11.5 Å². The Balaban J connectivity index is 0.000000185. The van der Waals surface area contributed by atoms with E-state index in [4.69, 9.17) is 22.3 Å². The molecule has 420 valence electrons. The van der Waals surface area contributed by atoms with Gasteiger partial charge in [-0.05, 0) is 117 Å². The molecule has 2 heterocycles. The standard InChI is InChI=1S/C35H38N6O2.C31H34N6O2/c1-2-31(40-35(36)37)32-34(43)41(21-30-28-13-7-5-11-26(28)27-12-6-8-14-29(27)30)18-17-25(39-32)20-38-33(42)24-16-15-22-9-3-4-10-23(22)19-24;1-2-27(36-31(32)33)28-30(39)37(26-14-13-21-8-4-6-10-23(21)18-26)16-15-25(35-28)19-34-29(38)24-12-11-20-7-3-5-9-22(20)17-24/h3-16,19,25,30-32,39H,2,17-18,20-21H2,1H3,(H,38,42)(H4,36,37,40);3-14,17-18,25,27-28,35H,2,15-16,19H2,1H3,(H,34,38)(H4,32,33,36)/t25-,31?,32-;25-,27?,28-/m00/s1. The Morgan fingerprint density at radius 1 is 0.537 bits per heavy atom. The van der Waals surface area contributed by atoms with Gasteiger partial charge in [-0.3, -0.25) is 40.6 Å². The Hall–Kier alpha value is -9.12. The van der Waals surface area contributed by atoms with Crippen LogP contribution in [0.25, 0.3) is 43.4 Å². The third-order valence-corrected chi connectivity index (χ3v) is 16.2. The molecule has 2 unspecified atom stereocenters. The van der Waals surface area contributed by atoms with Gasteiger partial charge in [0.2, 0.25) is 11.8 Å². The first-order valence-electron chi connectivity index (χ1n) is 28.4. The molecule has 2 saturated heterocycles. The second kappa shape index (κ2) is 25.6. The maximum Gasteiger partial charge on any atom is 0.251 e. The van der Waals surface area contributed by atoms with Crippen LogP contribution in [-0.4, -0.2) is 109 Å². The normalized spacial score (nSPS) is 18.7. The molecule has 12 N–H and O–H groups in total. The average molecular weight is 1100 g/mol. The van der Waals surface area contributed by atoms with Gasteiger partial charge in [0, 0.05) is 67.5 Å². The van der Waals surface area contributed by atoms with Crippen molar-refractivity contribution in [3.63, 3.8) is 0 Å². The van der Waals surface area contributed by atoms with E-state index in [2.05, 4.69) is 80.4 Å². The molecule has 16 heteroatoms. The van der Waals surface area contributed by atoms with Gasteiger partial charge in [0.1, 0.15) is 12.1 Å². The SMILES string of the molecule is CCC(NC(=N)N)[C@@H]1N[C@H](CNC(=O)c2ccc3ccccc3c2)CCN(CC2c3ccccc3-c3ccccc32)C1=O.CCC(NC(=N)N)[C@@H]1N[C@H](CNC(=O)c2ccc3ccccc3c2)CCN(c2ccc3ccccc3c2)C1=O. The van der Waals surface area contributed by atoms with E-state index in [-0.39, 0.29) is 65.6 Å². The zero-order chi connectivity index (χ0) is 57.3. The summed E-state index contributed by atoms with van der Waals surface area (Å²) in [5.41, 5.74) is 18.3. The van der Waals surface area contributed by atoms with Gasteiger partial charge in [0.25, 0.3) is 11.8 Å². The lowest BCUT2D eigenvalue weighted by atomic mass is 9.95. The molecule has 16 nitrogen and oxygen atoms in total. The largest absolute Gasteiger partial charge is 0.370 e. The van der Waals surface area contributed by atoms with E-state index in [1.807, 2.05) is 146 Å². The van der Waals surface area contributed by atoms with Crippen LogP contribution in [0.4, 0.5) is 5.69 Å². The fraction of sp³-hybridized carbons (Fsp3) is 0.273. The van der Waals surface area contributed by atoms with Crippen LogP contribution in [-0.2, 0) is 9.59 Å². The monoisotopic (exact) mass is 1100 g/mol. The molecule has 2 fully saturated rings. The Bertz CT molecular complexity index is 3620. The highest BCUT2D eigenvalue weighted by Crippen LogP contribution is 2.45. The smallest absolute Gasteiger partial charge is 0.251 e. The average Bonchev–Trinajstić information content (AvgIpc) is 3.68. The Morgan fingerprint density at radius 3 is 1.43 bits per heavy atom. The number of nitrogens with zero attached hydrogens (tertiary/aromatic N) is 2.